The van der Waals surface area contributed by atoms with Crippen LogP contribution in [0.5, 0.6) is 0 Å². The lowest BCUT2D eigenvalue weighted by Crippen LogP contribution is -2.42. The van der Waals surface area contributed by atoms with Crippen molar-refractivity contribution in [3.05, 3.63) is 29.8 Å². The number of benzene rings is 1. The molecule has 2 amide bonds. The van der Waals surface area contributed by atoms with Crippen molar-refractivity contribution in [2.24, 2.45) is 0 Å². The van der Waals surface area contributed by atoms with E-state index in [9.17, 15) is 14.4 Å². The van der Waals surface area contributed by atoms with E-state index in [0.29, 0.717) is 16.2 Å². The predicted octanol–water partition coefficient (Wildman–Crippen LogP) is 0.836. The molecule has 0 aliphatic carbocycles. The number of hydrogen-bond acceptors (Lipinski definition) is 4. The van der Waals surface area contributed by atoms with Gasteiger partial charge < -0.3 is 25.2 Å². The largest absolute Gasteiger partial charge is 0.480 e. The molecular formula is C13H16N2O6. The van der Waals surface area contributed by atoms with Gasteiger partial charge in [-0.3, -0.25) is 9.59 Å². The molecule has 0 aliphatic heterocycles. The van der Waals surface area contributed by atoms with Gasteiger partial charge in [0.2, 0.25) is 0 Å². The van der Waals surface area contributed by atoms with E-state index in [-0.39, 0.29) is 6.61 Å². The summed E-state index contributed by atoms with van der Waals surface area (Å²) in [5, 5.41) is 19.9. The summed E-state index contributed by atoms with van der Waals surface area (Å²) in [6.07, 6.45) is 0. The first kappa shape index (κ1) is 16.4. The van der Waals surface area contributed by atoms with E-state index in [2.05, 4.69) is 5.32 Å². The Morgan fingerprint density at radius 1 is 1.14 bits per heavy atom. The fourth-order valence-electron chi connectivity index (χ4n) is 1.64. The van der Waals surface area contributed by atoms with Crippen LogP contribution in [-0.4, -0.2) is 53.3 Å². The van der Waals surface area contributed by atoms with E-state index >= 15 is 0 Å². The summed E-state index contributed by atoms with van der Waals surface area (Å²) in [7, 11) is 1.50. The molecule has 0 aromatic heterocycles. The van der Waals surface area contributed by atoms with Gasteiger partial charge in [0.05, 0.1) is 6.61 Å². The highest BCUT2D eigenvalue weighted by Gasteiger charge is 2.20. The number of para-hydroxylation sites is 1. The Hall–Kier alpha value is -2.61. The number of urea groups is 1. The first-order valence-electron chi connectivity index (χ1n) is 6.00. The van der Waals surface area contributed by atoms with Crippen LogP contribution in [0.4, 0.5) is 10.5 Å². The highest BCUT2D eigenvalue weighted by molar-refractivity contribution is 5.93. The fraction of sp³-hybridized carbons (Fsp3) is 0.308. The summed E-state index contributed by atoms with van der Waals surface area (Å²) in [6.45, 7) is -1.15. The van der Waals surface area contributed by atoms with Gasteiger partial charge in [0, 0.05) is 18.4 Å². The highest BCUT2D eigenvalue weighted by atomic mass is 16.5. The Balaban J connectivity index is 2.85. The smallest absolute Gasteiger partial charge is 0.323 e. The van der Waals surface area contributed by atoms with Crippen molar-refractivity contribution in [3.8, 4) is 0 Å². The minimum absolute atomic E-state index is 0.258. The number of aliphatic carboxylic acids is 2. The number of rotatable bonds is 7. The third-order valence-electron chi connectivity index (χ3n) is 2.50. The SMILES string of the molecule is COCc1ccccc1NC(=O)N(CC(=O)O)CC(=O)O. The average molecular weight is 296 g/mol. The van der Waals surface area contributed by atoms with Crippen molar-refractivity contribution < 1.29 is 29.3 Å². The Morgan fingerprint density at radius 2 is 1.71 bits per heavy atom. The standard InChI is InChI=1S/C13H16N2O6/c1-21-8-9-4-2-3-5-10(9)14-13(20)15(6-11(16)17)7-12(18)19/h2-5H,6-8H2,1H3,(H,14,20)(H,16,17)(H,18,19). The molecule has 0 saturated heterocycles. The summed E-state index contributed by atoms with van der Waals surface area (Å²) in [5.41, 5.74) is 1.13. The number of carbonyl (C=O) groups excluding carboxylic acids is 1. The molecule has 0 heterocycles. The number of methoxy groups -OCH3 is 1. The van der Waals surface area contributed by atoms with E-state index in [1.165, 1.54) is 7.11 Å². The molecule has 0 bridgehead atoms. The lowest BCUT2D eigenvalue weighted by molar-refractivity contribution is -0.140. The van der Waals surface area contributed by atoms with Crippen LogP contribution in [0.15, 0.2) is 24.3 Å². The second-order valence-electron chi connectivity index (χ2n) is 4.16. The van der Waals surface area contributed by atoms with E-state index < -0.39 is 31.1 Å². The van der Waals surface area contributed by atoms with Gasteiger partial charge in [-0.05, 0) is 6.07 Å². The van der Waals surface area contributed by atoms with E-state index in [1.807, 2.05) is 0 Å². The number of carboxylic acids is 2. The van der Waals surface area contributed by atoms with Gasteiger partial charge in [0.25, 0.3) is 0 Å². The van der Waals surface area contributed by atoms with Crippen LogP contribution in [-0.2, 0) is 20.9 Å². The third-order valence-corrected chi connectivity index (χ3v) is 2.50. The third kappa shape index (κ3) is 5.49. The number of carboxylic acid groups (broad SMARTS) is 2. The molecule has 114 valence electrons. The van der Waals surface area contributed by atoms with Gasteiger partial charge in [-0.1, -0.05) is 18.2 Å². The monoisotopic (exact) mass is 296 g/mol. The summed E-state index contributed by atoms with van der Waals surface area (Å²) in [5.74, 6) is -2.59. The van der Waals surface area contributed by atoms with Gasteiger partial charge in [-0.15, -0.1) is 0 Å². The van der Waals surface area contributed by atoms with Crippen LogP contribution in [0.3, 0.4) is 0 Å². The fourth-order valence-corrected chi connectivity index (χ4v) is 1.64. The number of nitrogens with one attached hydrogen (secondary N) is 1. The van der Waals surface area contributed by atoms with Gasteiger partial charge in [0.15, 0.2) is 0 Å². The molecule has 0 spiro atoms. The second kappa shape index (κ2) is 7.85. The number of nitrogens with zero attached hydrogens (tertiary/aromatic N) is 1. The zero-order chi connectivity index (χ0) is 15.8. The van der Waals surface area contributed by atoms with Crippen LogP contribution >= 0.6 is 0 Å². The van der Waals surface area contributed by atoms with Crippen molar-refractivity contribution in [3.63, 3.8) is 0 Å². The van der Waals surface area contributed by atoms with Crippen molar-refractivity contribution in [2.45, 2.75) is 6.61 Å². The predicted molar refractivity (Wildman–Crippen MR) is 73.0 cm³/mol. The van der Waals surface area contributed by atoms with Crippen LogP contribution in [0.25, 0.3) is 0 Å². The Morgan fingerprint density at radius 3 is 2.24 bits per heavy atom. The molecule has 0 radical (unpaired) electrons. The molecule has 0 aliphatic rings. The van der Waals surface area contributed by atoms with Crippen molar-refractivity contribution in [2.75, 3.05) is 25.5 Å². The zero-order valence-electron chi connectivity index (χ0n) is 11.4. The van der Waals surface area contributed by atoms with Gasteiger partial charge in [-0.25, -0.2) is 4.79 Å². The quantitative estimate of drug-likeness (QED) is 0.686. The molecule has 1 aromatic carbocycles. The summed E-state index contributed by atoms with van der Waals surface area (Å²) >= 11 is 0. The Bertz CT molecular complexity index is 515. The minimum Gasteiger partial charge on any atom is -0.480 e. The van der Waals surface area contributed by atoms with Crippen LogP contribution in [0, 0.1) is 0 Å². The average Bonchev–Trinajstić information content (AvgIpc) is 2.39. The zero-order valence-corrected chi connectivity index (χ0v) is 11.4. The summed E-state index contributed by atoms with van der Waals surface area (Å²) in [4.78, 5) is 34.0. The molecule has 8 heteroatoms. The lowest BCUT2D eigenvalue weighted by atomic mass is 10.2. The summed E-state index contributed by atoms with van der Waals surface area (Å²) in [6, 6.07) is 6.00. The molecule has 8 nitrogen and oxygen atoms in total. The van der Waals surface area contributed by atoms with Crippen molar-refractivity contribution in [1.82, 2.24) is 4.90 Å². The van der Waals surface area contributed by atoms with Crippen LogP contribution in [0.1, 0.15) is 5.56 Å². The van der Waals surface area contributed by atoms with Crippen LogP contribution < -0.4 is 5.32 Å². The first-order valence-corrected chi connectivity index (χ1v) is 6.00. The van der Waals surface area contributed by atoms with Crippen LogP contribution in [0.2, 0.25) is 0 Å². The molecule has 1 rings (SSSR count). The number of hydrogen-bond donors (Lipinski definition) is 3. The molecule has 21 heavy (non-hydrogen) atoms. The maximum Gasteiger partial charge on any atom is 0.323 e. The maximum atomic E-state index is 12.0. The molecule has 0 saturated carbocycles. The number of carbonyl (C=O) groups is 3. The molecule has 3 N–H and O–H groups in total. The van der Waals surface area contributed by atoms with E-state index in [4.69, 9.17) is 14.9 Å². The molecule has 0 fully saturated rings. The molecule has 0 atom stereocenters. The molecule has 1 aromatic rings. The topological polar surface area (TPSA) is 116 Å². The maximum absolute atomic E-state index is 12.0. The second-order valence-corrected chi connectivity index (χ2v) is 4.16. The van der Waals surface area contributed by atoms with Crippen molar-refractivity contribution >= 4 is 23.7 Å². The highest BCUT2D eigenvalue weighted by Crippen LogP contribution is 2.16. The molecule has 0 unspecified atom stereocenters. The number of ether oxygens (including phenoxy) is 1. The first-order chi connectivity index (χ1) is 9.93. The van der Waals surface area contributed by atoms with Gasteiger partial charge in [0.1, 0.15) is 13.1 Å². The molecular weight excluding hydrogens is 280 g/mol. The minimum atomic E-state index is -1.29. The summed E-state index contributed by atoms with van der Waals surface area (Å²) < 4.78 is 4.99. The normalized spacial score (nSPS) is 9.95. The number of anilines is 1. The van der Waals surface area contributed by atoms with Gasteiger partial charge >= 0.3 is 18.0 Å². The Kier molecular flexibility index (Phi) is 6.15. The van der Waals surface area contributed by atoms with Crippen molar-refractivity contribution in [1.29, 1.82) is 0 Å². The Labute approximate surface area is 120 Å². The van der Waals surface area contributed by atoms with E-state index in [1.54, 1.807) is 24.3 Å². The lowest BCUT2D eigenvalue weighted by Gasteiger charge is -2.20. The number of amides is 2. The van der Waals surface area contributed by atoms with Gasteiger partial charge in [-0.2, -0.15) is 0 Å². The van der Waals surface area contributed by atoms with E-state index in [0.717, 1.165) is 0 Å².